The first-order valence-corrected chi connectivity index (χ1v) is 8.24. The molecule has 1 heterocycles. The highest BCUT2D eigenvalue weighted by atomic mass is 16.7. The summed E-state index contributed by atoms with van der Waals surface area (Å²) in [5.41, 5.74) is -0.817. The van der Waals surface area contributed by atoms with Gasteiger partial charge in [0.15, 0.2) is 12.6 Å². The lowest BCUT2D eigenvalue weighted by Crippen LogP contribution is -2.46. The zero-order chi connectivity index (χ0) is 16.4. The normalized spacial score (nSPS) is 35.4. The molecule has 5 unspecified atom stereocenters. The largest absolute Gasteiger partial charge is 0.367 e. The fraction of sp³-hybridized carbons (Fsp3) is 1.00. The van der Waals surface area contributed by atoms with Crippen LogP contribution in [-0.4, -0.2) is 35.0 Å². The van der Waals surface area contributed by atoms with E-state index in [-0.39, 0.29) is 23.5 Å². The average Bonchev–Trinajstić information content (AvgIpc) is 2.60. The van der Waals surface area contributed by atoms with Crippen LogP contribution in [0.25, 0.3) is 0 Å². The Kier molecular flexibility index (Phi) is 6.25. The molecule has 0 aliphatic carbocycles. The Bertz CT molecular complexity index is 329. The van der Waals surface area contributed by atoms with Gasteiger partial charge in [0, 0.05) is 10.8 Å². The van der Waals surface area contributed by atoms with Crippen molar-refractivity contribution < 1.29 is 19.7 Å². The summed E-state index contributed by atoms with van der Waals surface area (Å²) in [5.74, 6) is 0.289. The molecule has 4 nitrogen and oxygen atoms in total. The van der Waals surface area contributed by atoms with Crippen molar-refractivity contribution in [2.75, 3.05) is 0 Å². The maximum Gasteiger partial charge on any atom is 0.162 e. The Morgan fingerprint density at radius 2 is 1.90 bits per heavy atom. The summed E-state index contributed by atoms with van der Waals surface area (Å²) in [6.45, 7) is 14.2. The van der Waals surface area contributed by atoms with Crippen LogP contribution in [0.2, 0.25) is 0 Å². The summed E-state index contributed by atoms with van der Waals surface area (Å²) in [7, 11) is 0. The first kappa shape index (κ1) is 18.9. The molecule has 0 aromatic rings. The minimum absolute atomic E-state index is 0.223. The molecule has 1 saturated heterocycles. The third kappa shape index (κ3) is 3.79. The first-order chi connectivity index (χ1) is 9.57. The monoisotopic (exact) mass is 302 g/mol. The van der Waals surface area contributed by atoms with Crippen LogP contribution in [0.4, 0.5) is 0 Å². The number of unbranched alkanes of at least 4 members (excludes halogenated alkanes) is 1. The molecule has 0 amide bonds. The van der Waals surface area contributed by atoms with Gasteiger partial charge in [-0.2, -0.15) is 0 Å². The second-order valence-corrected chi connectivity index (χ2v) is 7.69. The zero-order valence-corrected chi connectivity index (χ0v) is 14.7. The minimum atomic E-state index is -0.875. The molecule has 0 radical (unpaired) electrons. The molecular formula is C17H34O4. The summed E-state index contributed by atoms with van der Waals surface area (Å²) in [5, 5.41) is 20.8. The Labute approximate surface area is 129 Å². The highest BCUT2D eigenvalue weighted by molar-refractivity contribution is 4.96. The number of aliphatic hydroxyl groups excluding tert-OH is 2. The van der Waals surface area contributed by atoms with E-state index in [0.29, 0.717) is 0 Å². The Balaban J connectivity index is 2.87. The number of rotatable bonds is 7. The molecule has 1 rings (SSSR count). The molecule has 4 heteroatoms. The van der Waals surface area contributed by atoms with Crippen molar-refractivity contribution in [2.24, 2.45) is 16.7 Å². The molecule has 0 saturated carbocycles. The van der Waals surface area contributed by atoms with Gasteiger partial charge in [0.1, 0.15) is 0 Å². The fourth-order valence-electron chi connectivity index (χ4n) is 2.80. The SMILES string of the molecule is CCCCC1(C)C(O)OC(C)C1OC(O)C(C)(C)C(C)C. The van der Waals surface area contributed by atoms with E-state index in [4.69, 9.17) is 9.47 Å². The number of ether oxygens (including phenoxy) is 2. The van der Waals surface area contributed by atoms with E-state index in [1.807, 2.05) is 27.7 Å². The standard InChI is InChI=1S/C17H34O4/c1-8-9-10-17(7)13(12(4)20-15(17)19)21-14(18)16(5,6)11(2)3/h11-15,18-19H,8-10H2,1-7H3. The van der Waals surface area contributed by atoms with Gasteiger partial charge in [-0.15, -0.1) is 0 Å². The quantitative estimate of drug-likeness (QED) is 0.708. The molecule has 1 aliphatic heterocycles. The minimum Gasteiger partial charge on any atom is -0.367 e. The van der Waals surface area contributed by atoms with Gasteiger partial charge in [-0.25, -0.2) is 0 Å². The Hall–Kier alpha value is -0.160. The summed E-state index contributed by atoms with van der Waals surface area (Å²) in [6, 6.07) is 0. The van der Waals surface area contributed by atoms with Gasteiger partial charge in [0.2, 0.25) is 0 Å². The Morgan fingerprint density at radius 1 is 1.33 bits per heavy atom. The van der Waals surface area contributed by atoms with Crippen molar-refractivity contribution in [1.29, 1.82) is 0 Å². The van der Waals surface area contributed by atoms with Crippen molar-refractivity contribution in [3.05, 3.63) is 0 Å². The third-order valence-electron chi connectivity index (χ3n) is 5.45. The molecule has 5 atom stereocenters. The van der Waals surface area contributed by atoms with Crippen LogP contribution in [0.15, 0.2) is 0 Å². The van der Waals surface area contributed by atoms with E-state index in [1.165, 1.54) is 0 Å². The van der Waals surface area contributed by atoms with Crippen molar-refractivity contribution >= 4 is 0 Å². The molecule has 1 fully saturated rings. The number of aliphatic hydroxyl groups is 2. The summed E-state index contributed by atoms with van der Waals surface area (Å²) >= 11 is 0. The van der Waals surface area contributed by atoms with Gasteiger partial charge in [-0.05, 0) is 19.3 Å². The van der Waals surface area contributed by atoms with Gasteiger partial charge < -0.3 is 19.7 Å². The smallest absolute Gasteiger partial charge is 0.162 e. The van der Waals surface area contributed by atoms with Crippen LogP contribution in [0.5, 0.6) is 0 Å². The van der Waals surface area contributed by atoms with Crippen LogP contribution in [0.1, 0.15) is 67.7 Å². The predicted molar refractivity (Wildman–Crippen MR) is 83.7 cm³/mol. The molecular weight excluding hydrogens is 268 g/mol. The van der Waals surface area contributed by atoms with Gasteiger partial charge in [-0.3, -0.25) is 0 Å². The van der Waals surface area contributed by atoms with Crippen molar-refractivity contribution in [1.82, 2.24) is 0 Å². The van der Waals surface area contributed by atoms with Gasteiger partial charge in [-0.1, -0.05) is 54.4 Å². The Morgan fingerprint density at radius 3 is 2.38 bits per heavy atom. The van der Waals surface area contributed by atoms with Gasteiger partial charge in [0.25, 0.3) is 0 Å². The van der Waals surface area contributed by atoms with E-state index >= 15 is 0 Å². The molecule has 21 heavy (non-hydrogen) atoms. The summed E-state index contributed by atoms with van der Waals surface area (Å²) < 4.78 is 11.6. The van der Waals surface area contributed by atoms with E-state index in [0.717, 1.165) is 19.3 Å². The van der Waals surface area contributed by atoms with E-state index in [1.54, 1.807) is 0 Å². The van der Waals surface area contributed by atoms with Gasteiger partial charge >= 0.3 is 0 Å². The molecule has 0 spiro atoms. The number of hydrogen-bond donors (Lipinski definition) is 2. The third-order valence-corrected chi connectivity index (χ3v) is 5.45. The molecule has 2 N–H and O–H groups in total. The highest BCUT2D eigenvalue weighted by Crippen LogP contribution is 2.45. The van der Waals surface area contributed by atoms with Crippen LogP contribution in [0.3, 0.4) is 0 Å². The second kappa shape index (κ2) is 6.95. The van der Waals surface area contributed by atoms with Crippen molar-refractivity contribution in [2.45, 2.75) is 92.5 Å². The lowest BCUT2D eigenvalue weighted by molar-refractivity contribution is -0.227. The van der Waals surface area contributed by atoms with Crippen LogP contribution >= 0.6 is 0 Å². The maximum absolute atomic E-state index is 10.5. The van der Waals surface area contributed by atoms with Crippen LogP contribution in [0, 0.1) is 16.7 Å². The summed E-state index contributed by atoms with van der Waals surface area (Å²) in [4.78, 5) is 0. The van der Waals surface area contributed by atoms with Crippen molar-refractivity contribution in [3.63, 3.8) is 0 Å². The van der Waals surface area contributed by atoms with Gasteiger partial charge in [0.05, 0.1) is 12.2 Å². The molecule has 0 aromatic heterocycles. The lowest BCUT2D eigenvalue weighted by Gasteiger charge is -2.40. The van der Waals surface area contributed by atoms with Crippen LogP contribution < -0.4 is 0 Å². The highest BCUT2D eigenvalue weighted by Gasteiger charge is 2.53. The van der Waals surface area contributed by atoms with E-state index < -0.39 is 18.0 Å². The average molecular weight is 302 g/mol. The molecule has 126 valence electrons. The molecule has 0 aromatic carbocycles. The zero-order valence-electron chi connectivity index (χ0n) is 14.7. The van der Waals surface area contributed by atoms with E-state index in [9.17, 15) is 10.2 Å². The fourth-order valence-corrected chi connectivity index (χ4v) is 2.80. The summed E-state index contributed by atoms with van der Waals surface area (Å²) in [6.07, 6.45) is 0.662. The number of hydrogen-bond acceptors (Lipinski definition) is 4. The van der Waals surface area contributed by atoms with E-state index in [2.05, 4.69) is 20.8 Å². The molecule has 1 aliphatic rings. The van der Waals surface area contributed by atoms with Crippen molar-refractivity contribution in [3.8, 4) is 0 Å². The molecule has 0 bridgehead atoms. The predicted octanol–water partition coefficient (Wildman–Crippen LogP) is 3.31. The lowest BCUT2D eigenvalue weighted by atomic mass is 9.77. The second-order valence-electron chi connectivity index (χ2n) is 7.69. The topological polar surface area (TPSA) is 58.9 Å². The first-order valence-electron chi connectivity index (χ1n) is 8.24. The van der Waals surface area contributed by atoms with Crippen LogP contribution in [-0.2, 0) is 9.47 Å². The maximum atomic E-state index is 10.5.